The Morgan fingerprint density at radius 1 is 1.43 bits per heavy atom. The second-order valence-corrected chi connectivity index (χ2v) is 1.56. The molecule has 0 heterocycles. The first kappa shape index (κ1) is 6.88. The van der Waals surface area contributed by atoms with Crippen molar-refractivity contribution in [1.29, 1.82) is 0 Å². The van der Waals surface area contributed by atoms with Crippen molar-refractivity contribution in [2.75, 3.05) is 7.11 Å². The molecule has 0 aromatic heterocycles. The van der Waals surface area contributed by atoms with Crippen molar-refractivity contribution in [3.8, 4) is 0 Å². The summed E-state index contributed by atoms with van der Waals surface area (Å²) < 4.78 is 4.66. The Kier molecular flexibility index (Phi) is 2.91. The van der Waals surface area contributed by atoms with E-state index in [0.29, 0.717) is 0 Å². The zero-order chi connectivity index (χ0) is 5.86. The van der Waals surface area contributed by atoms with E-state index in [-0.39, 0.29) is 12.3 Å². The predicted octanol–water partition coefficient (Wildman–Crippen LogP) is -0.735. The summed E-state index contributed by atoms with van der Waals surface area (Å²) in [6, 6.07) is -0.0787. The van der Waals surface area contributed by atoms with Crippen molar-refractivity contribution < 1.29 is 4.74 Å². The molecule has 7 heavy (non-hydrogen) atoms. The molecule has 3 nitrogen and oxygen atoms in total. The quantitative estimate of drug-likeness (QED) is 0.454. The first-order valence-electron chi connectivity index (χ1n) is 2.22. The fourth-order valence-corrected chi connectivity index (χ4v) is 0.215. The molecule has 0 amide bonds. The van der Waals surface area contributed by atoms with E-state index in [4.69, 9.17) is 11.5 Å². The van der Waals surface area contributed by atoms with Crippen LogP contribution in [0.4, 0.5) is 0 Å². The normalized spacial score (nSPS) is 18.9. The molecule has 44 valence electrons. The van der Waals surface area contributed by atoms with Gasteiger partial charge in [-0.15, -0.1) is 0 Å². The SMILES string of the molecule is COC(N)[C@H](C)N. The molecule has 0 aromatic rings. The van der Waals surface area contributed by atoms with Crippen LogP contribution in [-0.2, 0) is 4.74 Å². The summed E-state index contributed by atoms with van der Waals surface area (Å²) in [6.07, 6.45) is -0.319. The molecule has 0 saturated heterocycles. The molecule has 1 unspecified atom stereocenters. The molecule has 0 aliphatic rings. The van der Waals surface area contributed by atoms with Crippen molar-refractivity contribution in [1.82, 2.24) is 0 Å². The zero-order valence-corrected chi connectivity index (χ0v) is 4.72. The monoisotopic (exact) mass is 104 g/mol. The average molecular weight is 104 g/mol. The number of hydrogen-bond acceptors (Lipinski definition) is 3. The maximum atomic E-state index is 5.30. The maximum Gasteiger partial charge on any atom is 0.120 e. The van der Waals surface area contributed by atoms with Gasteiger partial charge in [0.05, 0.1) is 0 Å². The Bertz CT molecular complexity index is 47.0. The summed E-state index contributed by atoms with van der Waals surface area (Å²) in [5.74, 6) is 0. The smallest absolute Gasteiger partial charge is 0.120 e. The van der Waals surface area contributed by atoms with Gasteiger partial charge in [0.15, 0.2) is 0 Å². The van der Waals surface area contributed by atoms with Crippen molar-refractivity contribution in [2.45, 2.75) is 19.2 Å². The summed E-state index contributed by atoms with van der Waals surface area (Å²) in [6.45, 7) is 1.80. The molecule has 0 aromatic carbocycles. The molecule has 3 heteroatoms. The number of hydrogen-bond donors (Lipinski definition) is 2. The van der Waals surface area contributed by atoms with Crippen LogP contribution in [0.3, 0.4) is 0 Å². The molecular weight excluding hydrogens is 92.1 g/mol. The molecule has 0 spiro atoms. The van der Waals surface area contributed by atoms with E-state index in [1.807, 2.05) is 0 Å². The first-order chi connectivity index (χ1) is 3.18. The van der Waals surface area contributed by atoms with Gasteiger partial charge in [0.2, 0.25) is 0 Å². The third-order valence-electron chi connectivity index (χ3n) is 0.790. The maximum absolute atomic E-state index is 5.30. The molecule has 2 atom stereocenters. The third kappa shape index (κ3) is 2.56. The Labute approximate surface area is 43.6 Å². The second-order valence-electron chi connectivity index (χ2n) is 1.56. The van der Waals surface area contributed by atoms with Crippen LogP contribution < -0.4 is 11.5 Å². The van der Waals surface area contributed by atoms with Gasteiger partial charge in [0.1, 0.15) is 6.23 Å². The van der Waals surface area contributed by atoms with Crippen LogP contribution >= 0.6 is 0 Å². The summed E-state index contributed by atoms with van der Waals surface area (Å²) >= 11 is 0. The summed E-state index contributed by atoms with van der Waals surface area (Å²) in [5, 5.41) is 0. The number of rotatable bonds is 2. The van der Waals surface area contributed by atoms with Gasteiger partial charge in [0, 0.05) is 13.2 Å². The standard InChI is InChI=1S/C4H12N2O/c1-3(5)4(6)7-2/h3-4H,5-6H2,1-2H3/t3-,4?/m0/s1. The van der Waals surface area contributed by atoms with E-state index in [0.717, 1.165) is 0 Å². The van der Waals surface area contributed by atoms with Gasteiger partial charge in [-0.05, 0) is 6.92 Å². The minimum Gasteiger partial charge on any atom is -0.365 e. The van der Waals surface area contributed by atoms with Gasteiger partial charge in [-0.3, -0.25) is 0 Å². The fraction of sp³-hybridized carbons (Fsp3) is 1.00. The molecule has 0 aliphatic carbocycles. The molecule has 0 fully saturated rings. The van der Waals surface area contributed by atoms with E-state index >= 15 is 0 Å². The Morgan fingerprint density at radius 2 is 1.86 bits per heavy atom. The number of nitrogens with two attached hydrogens (primary N) is 2. The zero-order valence-electron chi connectivity index (χ0n) is 4.72. The van der Waals surface area contributed by atoms with Gasteiger partial charge >= 0.3 is 0 Å². The molecule has 0 saturated carbocycles. The minimum absolute atomic E-state index is 0.0787. The fourth-order valence-electron chi connectivity index (χ4n) is 0.215. The van der Waals surface area contributed by atoms with E-state index in [9.17, 15) is 0 Å². The lowest BCUT2D eigenvalue weighted by Crippen LogP contribution is -2.40. The molecule has 0 bridgehead atoms. The number of methoxy groups -OCH3 is 1. The van der Waals surface area contributed by atoms with Crippen molar-refractivity contribution in [3.05, 3.63) is 0 Å². The van der Waals surface area contributed by atoms with E-state index in [2.05, 4.69) is 4.74 Å². The molecular formula is C4H12N2O. The Balaban J connectivity index is 3.14. The van der Waals surface area contributed by atoms with Crippen molar-refractivity contribution >= 4 is 0 Å². The lowest BCUT2D eigenvalue weighted by atomic mass is 10.3. The molecule has 0 radical (unpaired) electrons. The van der Waals surface area contributed by atoms with E-state index in [1.165, 1.54) is 7.11 Å². The molecule has 0 rings (SSSR count). The van der Waals surface area contributed by atoms with Crippen LogP contribution in [0.25, 0.3) is 0 Å². The number of ether oxygens (including phenoxy) is 1. The van der Waals surface area contributed by atoms with Gasteiger partial charge in [-0.25, -0.2) is 0 Å². The van der Waals surface area contributed by atoms with Gasteiger partial charge in [-0.2, -0.15) is 0 Å². The van der Waals surface area contributed by atoms with E-state index in [1.54, 1.807) is 6.92 Å². The third-order valence-corrected chi connectivity index (χ3v) is 0.790. The van der Waals surface area contributed by atoms with Crippen molar-refractivity contribution in [3.63, 3.8) is 0 Å². The topological polar surface area (TPSA) is 61.3 Å². The summed E-state index contributed by atoms with van der Waals surface area (Å²) in [4.78, 5) is 0. The first-order valence-corrected chi connectivity index (χ1v) is 2.22. The second kappa shape index (κ2) is 2.96. The van der Waals surface area contributed by atoms with E-state index < -0.39 is 0 Å². The van der Waals surface area contributed by atoms with Crippen LogP contribution in [-0.4, -0.2) is 19.4 Å². The average Bonchev–Trinajstić information content (AvgIpc) is 1.65. The van der Waals surface area contributed by atoms with Crippen LogP contribution in [0.5, 0.6) is 0 Å². The van der Waals surface area contributed by atoms with Crippen LogP contribution in [0.1, 0.15) is 6.92 Å². The Hall–Kier alpha value is -0.120. The predicted molar refractivity (Wildman–Crippen MR) is 28.6 cm³/mol. The van der Waals surface area contributed by atoms with Gasteiger partial charge in [0.25, 0.3) is 0 Å². The highest BCUT2D eigenvalue weighted by molar-refractivity contribution is 4.58. The minimum atomic E-state index is -0.319. The highest BCUT2D eigenvalue weighted by atomic mass is 16.5. The van der Waals surface area contributed by atoms with Crippen LogP contribution in [0.2, 0.25) is 0 Å². The Morgan fingerprint density at radius 3 is 1.86 bits per heavy atom. The van der Waals surface area contributed by atoms with Crippen molar-refractivity contribution in [2.24, 2.45) is 11.5 Å². The molecule has 0 aliphatic heterocycles. The summed E-state index contributed by atoms with van der Waals surface area (Å²) in [7, 11) is 1.54. The largest absolute Gasteiger partial charge is 0.365 e. The highest BCUT2D eigenvalue weighted by Gasteiger charge is 2.02. The van der Waals surface area contributed by atoms with Crippen LogP contribution in [0, 0.1) is 0 Å². The highest BCUT2D eigenvalue weighted by Crippen LogP contribution is 1.81. The summed E-state index contributed by atoms with van der Waals surface area (Å²) in [5.41, 5.74) is 10.6. The molecule has 4 N–H and O–H groups in total. The van der Waals surface area contributed by atoms with Gasteiger partial charge in [-0.1, -0.05) is 0 Å². The lowest BCUT2D eigenvalue weighted by molar-refractivity contribution is 0.0908. The lowest BCUT2D eigenvalue weighted by Gasteiger charge is -2.11. The van der Waals surface area contributed by atoms with Gasteiger partial charge < -0.3 is 16.2 Å². The van der Waals surface area contributed by atoms with Crippen LogP contribution in [0.15, 0.2) is 0 Å².